The molecule has 1 aliphatic carbocycles. The first-order chi connectivity index (χ1) is 12.5. The Morgan fingerprint density at radius 3 is 2.31 bits per heavy atom. The lowest BCUT2D eigenvalue weighted by atomic mass is 9.91. The minimum Gasteiger partial charge on any atom is -0.353 e. The number of carbonyl (C=O) groups is 2. The average Bonchev–Trinajstić information content (AvgIpc) is 3.07. The lowest BCUT2D eigenvalue weighted by Gasteiger charge is -2.29. The fraction of sp³-hybridized carbons (Fsp3) is 0.500. The van der Waals surface area contributed by atoms with Crippen molar-refractivity contribution in [3.05, 3.63) is 35.0 Å². The molecule has 1 heterocycles. The van der Waals surface area contributed by atoms with Crippen LogP contribution in [-0.2, 0) is 4.79 Å². The maximum Gasteiger partial charge on any atom is 0.267 e. The number of nitrogens with two attached hydrogens (primary N) is 1. The fourth-order valence-electron chi connectivity index (χ4n) is 3.70. The maximum absolute atomic E-state index is 12.6. The van der Waals surface area contributed by atoms with Crippen molar-refractivity contribution < 1.29 is 9.59 Å². The van der Waals surface area contributed by atoms with Crippen LogP contribution in [0.25, 0.3) is 10.9 Å². The number of hydrogen-bond acceptors (Lipinski definition) is 3. The number of fused-ring (bicyclic) bond motifs is 1. The molecule has 1 saturated carbocycles. The molecule has 6 nitrogen and oxygen atoms in total. The second-order valence-corrected chi connectivity index (χ2v) is 7.30. The minimum absolute atomic E-state index is 0.0174. The second-order valence-electron chi connectivity index (χ2n) is 7.30. The van der Waals surface area contributed by atoms with Crippen LogP contribution in [0.3, 0.4) is 0 Å². The van der Waals surface area contributed by atoms with Gasteiger partial charge in [-0.15, -0.1) is 0 Å². The Kier molecular flexibility index (Phi) is 5.61. The normalized spacial score (nSPS) is 20.1. The number of nitrogens with one attached hydrogen (secondary N) is 3. The maximum atomic E-state index is 12.6. The molecule has 3 rings (SSSR count). The zero-order chi connectivity index (χ0) is 18.7. The highest BCUT2D eigenvalue weighted by molar-refractivity contribution is 5.99. The zero-order valence-electron chi connectivity index (χ0n) is 15.5. The largest absolute Gasteiger partial charge is 0.353 e. The number of H-pyrrole nitrogens is 1. The zero-order valence-corrected chi connectivity index (χ0v) is 15.5. The van der Waals surface area contributed by atoms with Gasteiger partial charge in [0.2, 0.25) is 5.91 Å². The number of rotatable bonds is 5. The van der Waals surface area contributed by atoms with Crippen LogP contribution in [0.15, 0.2) is 18.2 Å². The Labute approximate surface area is 153 Å². The molecule has 2 aromatic rings. The van der Waals surface area contributed by atoms with Gasteiger partial charge in [0.05, 0.1) is 0 Å². The van der Waals surface area contributed by atoms with Crippen LogP contribution in [0, 0.1) is 13.8 Å². The predicted octanol–water partition coefficient (Wildman–Crippen LogP) is 2.29. The van der Waals surface area contributed by atoms with E-state index in [1.54, 1.807) is 0 Å². The summed E-state index contributed by atoms with van der Waals surface area (Å²) in [7, 11) is 0. The van der Waals surface area contributed by atoms with E-state index in [0.717, 1.165) is 47.7 Å². The molecule has 1 aliphatic rings. The van der Waals surface area contributed by atoms with Crippen LogP contribution in [0.5, 0.6) is 0 Å². The molecule has 1 fully saturated rings. The van der Waals surface area contributed by atoms with Gasteiger partial charge in [0.1, 0.15) is 5.69 Å². The third-order valence-corrected chi connectivity index (χ3v) is 5.26. The van der Waals surface area contributed by atoms with Crippen molar-refractivity contribution in [2.24, 2.45) is 5.73 Å². The van der Waals surface area contributed by atoms with Crippen LogP contribution in [0.2, 0.25) is 0 Å². The van der Waals surface area contributed by atoms with E-state index in [0.29, 0.717) is 18.7 Å². The van der Waals surface area contributed by atoms with Gasteiger partial charge in [0.25, 0.3) is 5.91 Å². The highest BCUT2D eigenvalue weighted by Gasteiger charge is 2.24. The summed E-state index contributed by atoms with van der Waals surface area (Å²) >= 11 is 0. The summed E-state index contributed by atoms with van der Waals surface area (Å²) in [5.74, 6) is -0.0422. The SMILES string of the molecule is Cc1ccc(C)c2[nH]c(C(=O)N[C@H]3CC[C@H](NC(=O)CCN)CC3)cc12. The van der Waals surface area contributed by atoms with Gasteiger partial charge in [-0.3, -0.25) is 9.59 Å². The second kappa shape index (κ2) is 7.91. The summed E-state index contributed by atoms with van der Waals surface area (Å²) in [5, 5.41) is 7.25. The van der Waals surface area contributed by atoms with Crippen molar-refractivity contribution in [3.8, 4) is 0 Å². The molecule has 0 radical (unpaired) electrons. The van der Waals surface area contributed by atoms with Crippen molar-refractivity contribution in [2.45, 2.75) is 58.0 Å². The molecule has 26 heavy (non-hydrogen) atoms. The molecule has 2 amide bonds. The van der Waals surface area contributed by atoms with Crippen molar-refractivity contribution in [1.29, 1.82) is 0 Å². The summed E-state index contributed by atoms with van der Waals surface area (Å²) in [6.07, 6.45) is 3.88. The molecule has 5 N–H and O–H groups in total. The van der Waals surface area contributed by atoms with Crippen LogP contribution < -0.4 is 16.4 Å². The van der Waals surface area contributed by atoms with E-state index in [9.17, 15) is 9.59 Å². The summed E-state index contributed by atoms with van der Waals surface area (Å²) in [6, 6.07) is 6.43. The number of benzene rings is 1. The molecule has 0 bridgehead atoms. The van der Waals surface area contributed by atoms with Gasteiger partial charge >= 0.3 is 0 Å². The summed E-state index contributed by atoms with van der Waals surface area (Å²) in [6.45, 7) is 4.47. The van der Waals surface area contributed by atoms with Crippen LogP contribution in [-0.4, -0.2) is 35.4 Å². The van der Waals surface area contributed by atoms with E-state index in [-0.39, 0.29) is 23.9 Å². The van der Waals surface area contributed by atoms with Crippen LogP contribution in [0.4, 0.5) is 0 Å². The van der Waals surface area contributed by atoms with Crippen molar-refractivity contribution in [3.63, 3.8) is 0 Å². The third-order valence-electron chi connectivity index (χ3n) is 5.26. The summed E-state index contributed by atoms with van der Waals surface area (Å²) < 4.78 is 0. The Morgan fingerprint density at radius 2 is 1.69 bits per heavy atom. The van der Waals surface area contributed by atoms with Gasteiger partial charge in [0, 0.05) is 36.0 Å². The number of aromatic nitrogens is 1. The number of hydrogen-bond donors (Lipinski definition) is 4. The molecular formula is C20H28N4O2. The number of carbonyl (C=O) groups excluding carboxylic acids is 2. The molecule has 0 unspecified atom stereocenters. The standard InChI is InChI=1S/C20H28N4O2/c1-12-3-4-13(2)19-16(12)11-17(24-19)20(26)23-15-7-5-14(6-8-15)22-18(25)9-10-21/h3-4,11,14-15,24H,5-10,21H2,1-2H3,(H,22,25)(H,23,26)/t14-,15-. The highest BCUT2D eigenvalue weighted by Crippen LogP contribution is 2.24. The Bertz CT molecular complexity index is 764. The molecule has 0 atom stereocenters. The van der Waals surface area contributed by atoms with Gasteiger partial charge in [-0.25, -0.2) is 0 Å². The van der Waals surface area contributed by atoms with Gasteiger partial charge < -0.3 is 21.4 Å². The van der Waals surface area contributed by atoms with E-state index in [2.05, 4.69) is 34.7 Å². The van der Waals surface area contributed by atoms with Gasteiger partial charge in [-0.1, -0.05) is 12.1 Å². The average molecular weight is 356 g/mol. The minimum atomic E-state index is -0.0596. The van der Waals surface area contributed by atoms with Crippen LogP contribution >= 0.6 is 0 Å². The van der Waals surface area contributed by atoms with E-state index >= 15 is 0 Å². The number of aromatic amines is 1. The molecule has 0 saturated heterocycles. The topological polar surface area (TPSA) is 100 Å². The lowest BCUT2D eigenvalue weighted by Crippen LogP contribution is -2.44. The Balaban J connectivity index is 1.57. The van der Waals surface area contributed by atoms with Crippen molar-refractivity contribution >= 4 is 22.7 Å². The molecular weight excluding hydrogens is 328 g/mol. The van der Waals surface area contributed by atoms with Gasteiger partial charge in [0.15, 0.2) is 0 Å². The number of aryl methyl sites for hydroxylation is 2. The first-order valence-corrected chi connectivity index (χ1v) is 9.37. The molecule has 6 heteroatoms. The third kappa shape index (κ3) is 4.07. The first-order valence-electron chi connectivity index (χ1n) is 9.37. The quantitative estimate of drug-likeness (QED) is 0.661. The molecule has 140 valence electrons. The number of amides is 2. The smallest absolute Gasteiger partial charge is 0.267 e. The molecule has 1 aromatic carbocycles. The predicted molar refractivity (Wildman–Crippen MR) is 103 cm³/mol. The van der Waals surface area contributed by atoms with E-state index in [1.807, 2.05) is 13.0 Å². The highest BCUT2D eigenvalue weighted by atomic mass is 16.2. The van der Waals surface area contributed by atoms with Crippen molar-refractivity contribution in [1.82, 2.24) is 15.6 Å². The van der Waals surface area contributed by atoms with Gasteiger partial charge in [-0.05, 0) is 56.7 Å². The fourth-order valence-corrected chi connectivity index (χ4v) is 3.70. The Morgan fingerprint density at radius 1 is 1.08 bits per heavy atom. The summed E-state index contributed by atoms with van der Waals surface area (Å²) in [4.78, 5) is 27.5. The molecule has 0 spiro atoms. The lowest BCUT2D eigenvalue weighted by molar-refractivity contribution is -0.121. The van der Waals surface area contributed by atoms with Gasteiger partial charge in [-0.2, -0.15) is 0 Å². The first kappa shape index (κ1) is 18.5. The summed E-state index contributed by atoms with van der Waals surface area (Å²) in [5.41, 5.74) is 9.34. The van der Waals surface area contributed by atoms with E-state index in [4.69, 9.17) is 5.73 Å². The van der Waals surface area contributed by atoms with E-state index in [1.165, 1.54) is 0 Å². The van der Waals surface area contributed by atoms with Crippen LogP contribution in [0.1, 0.15) is 53.7 Å². The molecule has 1 aromatic heterocycles. The van der Waals surface area contributed by atoms with E-state index < -0.39 is 0 Å². The monoisotopic (exact) mass is 356 g/mol. The molecule has 0 aliphatic heterocycles. The Hall–Kier alpha value is -2.34. The van der Waals surface area contributed by atoms with Crippen molar-refractivity contribution in [2.75, 3.05) is 6.54 Å².